The average molecular weight is 260 g/mol. The molecule has 96 valence electrons. The highest BCUT2D eigenvalue weighted by Crippen LogP contribution is 2.31. The molecule has 2 aromatic rings. The number of anilines is 1. The van der Waals surface area contributed by atoms with Crippen molar-refractivity contribution in [2.45, 2.75) is 51.5 Å². The lowest BCUT2D eigenvalue weighted by molar-refractivity contribution is 0.754. The average Bonchev–Trinajstić information content (AvgIpc) is 2.96. The molecule has 2 nitrogen and oxygen atoms in total. The maximum Gasteiger partial charge on any atom is 0.184 e. The molecule has 1 N–H and O–H groups in total. The summed E-state index contributed by atoms with van der Waals surface area (Å²) in [4.78, 5) is 4.68. The molecule has 1 heterocycles. The van der Waals surface area contributed by atoms with Crippen LogP contribution in [0.4, 0.5) is 5.13 Å². The molecule has 1 fully saturated rings. The van der Waals surface area contributed by atoms with Crippen molar-refractivity contribution in [1.29, 1.82) is 0 Å². The molecule has 0 unspecified atom stereocenters. The van der Waals surface area contributed by atoms with Crippen molar-refractivity contribution in [3.8, 4) is 0 Å². The minimum atomic E-state index is 0.586. The highest BCUT2D eigenvalue weighted by Gasteiger charge is 2.16. The van der Waals surface area contributed by atoms with E-state index in [-0.39, 0.29) is 0 Å². The van der Waals surface area contributed by atoms with Gasteiger partial charge in [-0.3, -0.25) is 0 Å². The van der Waals surface area contributed by atoms with Crippen molar-refractivity contribution in [2.24, 2.45) is 0 Å². The summed E-state index contributed by atoms with van der Waals surface area (Å²) in [6, 6.07) is 7.29. The van der Waals surface area contributed by atoms with E-state index in [1.165, 1.54) is 35.9 Å². The molecular weight excluding hydrogens is 240 g/mol. The first kappa shape index (κ1) is 12.0. The van der Waals surface area contributed by atoms with Crippen LogP contribution in [0.3, 0.4) is 0 Å². The fourth-order valence-corrected chi connectivity index (χ4v) is 3.60. The SMILES string of the molecule is CC(C)c1ccc2nc(NC3CCCC3)sc2c1. The van der Waals surface area contributed by atoms with E-state index in [0.29, 0.717) is 12.0 Å². The largest absolute Gasteiger partial charge is 0.359 e. The van der Waals surface area contributed by atoms with Crippen molar-refractivity contribution in [3.05, 3.63) is 23.8 Å². The third kappa shape index (κ3) is 2.37. The van der Waals surface area contributed by atoms with E-state index in [2.05, 4.69) is 42.3 Å². The topological polar surface area (TPSA) is 24.9 Å². The minimum absolute atomic E-state index is 0.586. The quantitative estimate of drug-likeness (QED) is 0.859. The summed E-state index contributed by atoms with van der Waals surface area (Å²) in [6.07, 6.45) is 5.32. The van der Waals surface area contributed by atoms with E-state index in [1.54, 1.807) is 11.3 Å². The molecule has 1 aromatic carbocycles. The summed E-state index contributed by atoms with van der Waals surface area (Å²) in [5.74, 6) is 0.586. The van der Waals surface area contributed by atoms with Crippen LogP contribution >= 0.6 is 11.3 Å². The monoisotopic (exact) mass is 260 g/mol. The van der Waals surface area contributed by atoms with Gasteiger partial charge in [0.25, 0.3) is 0 Å². The minimum Gasteiger partial charge on any atom is -0.359 e. The number of fused-ring (bicyclic) bond motifs is 1. The second-order valence-electron chi connectivity index (χ2n) is 5.53. The first-order valence-corrected chi connectivity index (χ1v) is 7.71. The fourth-order valence-electron chi connectivity index (χ4n) is 2.61. The summed E-state index contributed by atoms with van der Waals surface area (Å²) >= 11 is 1.79. The van der Waals surface area contributed by atoms with E-state index in [1.807, 2.05) is 0 Å². The highest BCUT2D eigenvalue weighted by molar-refractivity contribution is 7.22. The third-order valence-corrected chi connectivity index (χ3v) is 4.71. The molecule has 0 aliphatic heterocycles. The van der Waals surface area contributed by atoms with Gasteiger partial charge >= 0.3 is 0 Å². The van der Waals surface area contributed by atoms with E-state index < -0.39 is 0 Å². The molecule has 0 spiro atoms. The Kier molecular flexibility index (Phi) is 3.25. The second-order valence-corrected chi connectivity index (χ2v) is 6.56. The van der Waals surface area contributed by atoms with Gasteiger partial charge in [-0.15, -0.1) is 0 Å². The Morgan fingerprint density at radius 3 is 2.78 bits per heavy atom. The maximum absolute atomic E-state index is 4.68. The first-order chi connectivity index (χ1) is 8.72. The van der Waals surface area contributed by atoms with Crippen molar-refractivity contribution >= 4 is 26.7 Å². The van der Waals surface area contributed by atoms with Gasteiger partial charge in [-0.05, 0) is 36.5 Å². The van der Waals surface area contributed by atoms with Crippen LogP contribution in [0.1, 0.15) is 51.0 Å². The molecule has 1 aromatic heterocycles. The molecule has 0 atom stereocenters. The van der Waals surface area contributed by atoms with Crippen LogP contribution in [-0.4, -0.2) is 11.0 Å². The zero-order valence-electron chi connectivity index (χ0n) is 11.1. The highest BCUT2D eigenvalue weighted by atomic mass is 32.1. The van der Waals surface area contributed by atoms with Crippen molar-refractivity contribution < 1.29 is 0 Å². The summed E-state index contributed by atoms with van der Waals surface area (Å²) in [7, 11) is 0. The normalized spacial score (nSPS) is 16.8. The van der Waals surface area contributed by atoms with Gasteiger partial charge in [0, 0.05) is 6.04 Å². The Bertz CT molecular complexity index is 538. The van der Waals surface area contributed by atoms with Gasteiger partial charge < -0.3 is 5.32 Å². The van der Waals surface area contributed by atoms with Gasteiger partial charge in [0.05, 0.1) is 10.2 Å². The Morgan fingerprint density at radius 1 is 1.28 bits per heavy atom. The lowest BCUT2D eigenvalue weighted by Crippen LogP contribution is -2.13. The zero-order chi connectivity index (χ0) is 12.5. The number of aromatic nitrogens is 1. The van der Waals surface area contributed by atoms with E-state index in [4.69, 9.17) is 0 Å². The Labute approximate surface area is 112 Å². The summed E-state index contributed by atoms with van der Waals surface area (Å²) in [5, 5.41) is 4.68. The van der Waals surface area contributed by atoms with Crippen LogP contribution in [0.5, 0.6) is 0 Å². The van der Waals surface area contributed by atoms with Crippen LogP contribution in [0, 0.1) is 0 Å². The number of nitrogens with one attached hydrogen (secondary N) is 1. The number of benzene rings is 1. The van der Waals surface area contributed by atoms with E-state index in [9.17, 15) is 0 Å². The van der Waals surface area contributed by atoms with E-state index >= 15 is 0 Å². The van der Waals surface area contributed by atoms with Gasteiger partial charge in [-0.1, -0.05) is 44.1 Å². The van der Waals surface area contributed by atoms with Crippen molar-refractivity contribution in [2.75, 3.05) is 5.32 Å². The van der Waals surface area contributed by atoms with Crippen LogP contribution in [0.2, 0.25) is 0 Å². The number of hydrogen-bond donors (Lipinski definition) is 1. The Hall–Kier alpha value is -1.09. The van der Waals surface area contributed by atoms with Crippen LogP contribution in [-0.2, 0) is 0 Å². The van der Waals surface area contributed by atoms with E-state index in [0.717, 1.165) is 10.6 Å². The number of rotatable bonds is 3. The Balaban J connectivity index is 1.85. The third-order valence-electron chi connectivity index (χ3n) is 3.76. The molecule has 0 bridgehead atoms. The molecule has 0 saturated heterocycles. The number of hydrogen-bond acceptors (Lipinski definition) is 3. The van der Waals surface area contributed by atoms with Crippen LogP contribution in [0.15, 0.2) is 18.2 Å². The molecule has 18 heavy (non-hydrogen) atoms. The maximum atomic E-state index is 4.68. The molecule has 0 radical (unpaired) electrons. The van der Waals surface area contributed by atoms with Crippen LogP contribution < -0.4 is 5.32 Å². The van der Waals surface area contributed by atoms with Crippen LogP contribution in [0.25, 0.3) is 10.2 Å². The lowest BCUT2D eigenvalue weighted by atomic mass is 10.0. The number of thiazole rings is 1. The number of nitrogens with zero attached hydrogens (tertiary/aromatic N) is 1. The molecule has 3 rings (SSSR count). The molecule has 1 saturated carbocycles. The van der Waals surface area contributed by atoms with Gasteiger partial charge in [0.2, 0.25) is 0 Å². The summed E-state index contributed by atoms with van der Waals surface area (Å²) in [6.45, 7) is 4.47. The summed E-state index contributed by atoms with van der Waals surface area (Å²) < 4.78 is 1.31. The molecule has 1 aliphatic rings. The lowest BCUT2D eigenvalue weighted by Gasteiger charge is -2.09. The first-order valence-electron chi connectivity index (χ1n) is 6.89. The molecule has 3 heteroatoms. The zero-order valence-corrected chi connectivity index (χ0v) is 11.9. The predicted octanol–water partition coefficient (Wildman–Crippen LogP) is 4.77. The summed E-state index contributed by atoms with van der Waals surface area (Å²) in [5.41, 5.74) is 2.53. The second kappa shape index (κ2) is 4.88. The van der Waals surface area contributed by atoms with Gasteiger partial charge in [-0.25, -0.2) is 4.98 Å². The van der Waals surface area contributed by atoms with Gasteiger partial charge in [0.15, 0.2) is 5.13 Å². The standard InChI is InChI=1S/C15H20N2S/c1-10(2)11-7-8-13-14(9-11)18-15(17-13)16-12-5-3-4-6-12/h7-10,12H,3-6H2,1-2H3,(H,16,17). The molecule has 0 amide bonds. The Morgan fingerprint density at radius 2 is 2.06 bits per heavy atom. The predicted molar refractivity (Wildman–Crippen MR) is 79.6 cm³/mol. The van der Waals surface area contributed by atoms with Gasteiger partial charge in [-0.2, -0.15) is 0 Å². The van der Waals surface area contributed by atoms with Crippen molar-refractivity contribution in [3.63, 3.8) is 0 Å². The molecule has 1 aliphatic carbocycles. The fraction of sp³-hybridized carbons (Fsp3) is 0.533. The smallest absolute Gasteiger partial charge is 0.184 e. The van der Waals surface area contributed by atoms with Crippen molar-refractivity contribution in [1.82, 2.24) is 4.98 Å². The van der Waals surface area contributed by atoms with Gasteiger partial charge in [0.1, 0.15) is 0 Å². The molecular formula is C15H20N2S.